The molecule has 0 saturated carbocycles. The van der Waals surface area contributed by atoms with Gasteiger partial charge in [-0.3, -0.25) is 4.79 Å². The maximum atomic E-state index is 12.8. The lowest BCUT2D eigenvalue weighted by molar-refractivity contribution is 0.0740. The largest absolute Gasteiger partial charge is 0.489 e. The van der Waals surface area contributed by atoms with Gasteiger partial charge in [-0.1, -0.05) is 68.4 Å². The fourth-order valence-electron chi connectivity index (χ4n) is 4.01. The number of hydrogen-bond donors (Lipinski definition) is 1. The molecule has 0 aromatic heterocycles. The highest BCUT2D eigenvalue weighted by Gasteiger charge is 2.24. The number of fused-ring (bicyclic) bond motifs is 1. The number of nitrogens with one attached hydrogen (secondary N) is 1. The summed E-state index contributed by atoms with van der Waals surface area (Å²) in [5.74, 6) is 0.928. The fourth-order valence-corrected chi connectivity index (χ4v) is 4.01. The molecule has 3 aromatic rings. The van der Waals surface area contributed by atoms with Gasteiger partial charge in [0.25, 0.3) is 5.91 Å². The Balaban J connectivity index is 1.43. The quantitative estimate of drug-likeness (QED) is 0.568. The minimum absolute atomic E-state index is 0.118. The van der Waals surface area contributed by atoms with Crippen LogP contribution in [0.5, 0.6) is 5.75 Å². The molecule has 0 spiro atoms. The number of nitrogens with zero attached hydrogens (tertiary/aromatic N) is 1. The first kappa shape index (κ1) is 21.1. The van der Waals surface area contributed by atoms with E-state index >= 15 is 0 Å². The first-order chi connectivity index (χ1) is 15.1. The smallest absolute Gasteiger partial charge is 0.254 e. The van der Waals surface area contributed by atoms with Crippen molar-refractivity contribution in [1.29, 1.82) is 0 Å². The van der Waals surface area contributed by atoms with Gasteiger partial charge in [-0.2, -0.15) is 0 Å². The number of carbonyl (C=O) groups is 1. The Bertz CT molecular complexity index is 1030. The summed E-state index contributed by atoms with van der Waals surface area (Å²) < 4.78 is 6.14. The van der Waals surface area contributed by atoms with E-state index in [1.807, 2.05) is 35.2 Å². The summed E-state index contributed by atoms with van der Waals surface area (Å²) >= 11 is 0. The Morgan fingerprint density at radius 2 is 1.74 bits per heavy atom. The minimum Gasteiger partial charge on any atom is -0.489 e. The second kappa shape index (κ2) is 9.80. The van der Waals surface area contributed by atoms with Crippen LogP contribution in [0.15, 0.2) is 72.8 Å². The van der Waals surface area contributed by atoms with Crippen molar-refractivity contribution >= 4 is 5.91 Å². The second-order valence-electron chi connectivity index (χ2n) is 8.28. The third-order valence-corrected chi connectivity index (χ3v) is 5.68. The van der Waals surface area contributed by atoms with Crippen LogP contribution in [0.25, 0.3) is 11.1 Å². The summed E-state index contributed by atoms with van der Waals surface area (Å²) in [5.41, 5.74) is 5.39. The van der Waals surface area contributed by atoms with Gasteiger partial charge in [-0.05, 0) is 46.9 Å². The zero-order valence-electron chi connectivity index (χ0n) is 18.3. The maximum Gasteiger partial charge on any atom is 0.254 e. The molecular weight excluding hydrogens is 384 g/mol. The molecule has 1 aliphatic heterocycles. The highest BCUT2D eigenvalue weighted by molar-refractivity contribution is 5.97. The lowest BCUT2D eigenvalue weighted by Gasteiger charge is -2.29. The Hall–Kier alpha value is -3.11. The Kier molecular flexibility index (Phi) is 6.68. The van der Waals surface area contributed by atoms with Gasteiger partial charge in [0.05, 0.1) is 0 Å². The molecule has 0 fully saturated rings. The maximum absolute atomic E-state index is 12.8. The van der Waals surface area contributed by atoms with Crippen LogP contribution in [0.1, 0.15) is 35.3 Å². The molecule has 0 atom stereocenters. The molecule has 3 aromatic carbocycles. The molecule has 0 radical (unpaired) electrons. The molecule has 0 saturated heterocycles. The van der Waals surface area contributed by atoms with Crippen LogP contribution in [0, 0.1) is 0 Å². The molecule has 160 valence electrons. The number of rotatable bonds is 8. The number of carbonyl (C=O) groups excluding carboxylic acids is 1. The summed E-state index contributed by atoms with van der Waals surface area (Å²) in [6, 6.07) is 25.0. The van der Waals surface area contributed by atoms with Crippen LogP contribution >= 0.6 is 0 Å². The molecule has 31 heavy (non-hydrogen) atoms. The normalized spacial score (nSPS) is 13.4. The van der Waals surface area contributed by atoms with Crippen molar-refractivity contribution in [1.82, 2.24) is 10.2 Å². The van der Waals surface area contributed by atoms with E-state index in [1.165, 1.54) is 11.1 Å². The van der Waals surface area contributed by atoms with Crippen LogP contribution < -0.4 is 10.1 Å². The first-order valence-corrected chi connectivity index (χ1v) is 11.0. The van der Waals surface area contributed by atoms with E-state index in [4.69, 9.17) is 4.74 Å². The van der Waals surface area contributed by atoms with Crippen molar-refractivity contribution in [2.45, 2.75) is 32.9 Å². The SMILES string of the molecule is CC(C)NCCN1CCc2cc(OCc3ccccc3-c3ccccc3)ccc2C1=O. The lowest BCUT2D eigenvalue weighted by Crippen LogP contribution is -2.42. The van der Waals surface area contributed by atoms with E-state index in [9.17, 15) is 4.79 Å². The zero-order chi connectivity index (χ0) is 21.6. The summed E-state index contributed by atoms with van der Waals surface area (Å²) in [6.45, 7) is 7.04. The van der Waals surface area contributed by atoms with E-state index in [1.54, 1.807) is 0 Å². The van der Waals surface area contributed by atoms with Gasteiger partial charge in [-0.25, -0.2) is 0 Å². The van der Waals surface area contributed by atoms with E-state index in [0.29, 0.717) is 12.6 Å². The van der Waals surface area contributed by atoms with Crippen LogP contribution in [0.3, 0.4) is 0 Å². The number of benzene rings is 3. The van der Waals surface area contributed by atoms with Crippen molar-refractivity contribution < 1.29 is 9.53 Å². The second-order valence-corrected chi connectivity index (χ2v) is 8.28. The predicted octanol–water partition coefficient (Wildman–Crippen LogP) is 4.93. The van der Waals surface area contributed by atoms with E-state index < -0.39 is 0 Å². The highest BCUT2D eigenvalue weighted by atomic mass is 16.5. The van der Waals surface area contributed by atoms with Crippen LogP contribution in [-0.2, 0) is 13.0 Å². The van der Waals surface area contributed by atoms with E-state index in [2.05, 4.69) is 61.6 Å². The van der Waals surface area contributed by atoms with Crippen molar-refractivity contribution in [3.05, 3.63) is 89.5 Å². The average molecular weight is 415 g/mol. The first-order valence-electron chi connectivity index (χ1n) is 11.0. The molecule has 1 N–H and O–H groups in total. The van der Waals surface area contributed by atoms with Gasteiger partial charge in [0.2, 0.25) is 0 Å². The number of amides is 1. The third-order valence-electron chi connectivity index (χ3n) is 5.68. The van der Waals surface area contributed by atoms with Gasteiger partial charge >= 0.3 is 0 Å². The molecule has 4 heteroatoms. The molecule has 1 amide bonds. The Morgan fingerprint density at radius 3 is 2.55 bits per heavy atom. The molecule has 0 unspecified atom stereocenters. The molecule has 4 nitrogen and oxygen atoms in total. The summed E-state index contributed by atoms with van der Waals surface area (Å²) in [7, 11) is 0. The zero-order valence-corrected chi connectivity index (χ0v) is 18.3. The number of ether oxygens (including phenoxy) is 1. The van der Waals surface area contributed by atoms with Crippen molar-refractivity contribution in [3.63, 3.8) is 0 Å². The van der Waals surface area contributed by atoms with Crippen molar-refractivity contribution in [2.75, 3.05) is 19.6 Å². The Morgan fingerprint density at radius 1 is 0.968 bits per heavy atom. The van der Waals surface area contributed by atoms with Crippen molar-refractivity contribution in [2.24, 2.45) is 0 Å². The van der Waals surface area contributed by atoms with Gasteiger partial charge in [0.15, 0.2) is 0 Å². The summed E-state index contributed by atoms with van der Waals surface area (Å²) in [5, 5.41) is 3.38. The lowest BCUT2D eigenvalue weighted by atomic mass is 9.98. The molecule has 0 bridgehead atoms. The minimum atomic E-state index is 0.118. The van der Waals surface area contributed by atoms with Gasteiger partial charge < -0.3 is 15.0 Å². The van der Waals surface area contributed by atoms with Crippen molar-refractivity contribution in [3.8, 4) is 16.9 Å². The third kappa shape index (κ3) is 5.15. The standard InChI is InChI=1S/C27H30N2O2/c1-20(2)28-15-17-29-16-14-22-18-24(12-13-26(22)27(29)30)31-19-23-10-6-7-11-25(23)21-8-4-3-5-9-21/h3-13,18,20,28H,14-17,19H2,1-2H3. The summed E-state index contributed by atoms with van der Waals surface area (Å²) in [6.07, 6.45) is 0.862. The van der Waals surface area contributed by atoms with Crippen LogP contribution in [-0.4, -0.2) is 36.5 Å². The Labute approximate surface area is 184 Å². The van der Waals surface area contributed by atoms with Gasteiger partial charge in [-0.15, -0.1) is 0 Å². The topological polar surface area (TPSA) is 41.6 Å². The highest BCUT2D eigenvalue weighted by Crippen LogP contribution is 2.27. The summed E-state index contributed by atoms with van der Waals surface area (Å²) in [4.78, 5) is 14.8. The van der Waals surface area contributed by atoms with E-state index in [0.717, 1.165) is 48.5 Å². The van der Waals surface area contributed by atoms with Gasteiger partial charge in [0.1, 0.15) is 12.4 Å². The monoisotopic (exact) mass is 414 g/mol. The molecular formula is C27H30N2O2. The molecule has 1 heterocycles. The van der Waals surface area contributed by atoms with E-state index in [-0.39, 0.29) is 5.91 Å². The fraction of sp³-hybridized carbons (Fsp3) is 0.296. The van der Waals surface area contributed by atoms with Gasteiger partial charge in [0, 0.05) is 31.2 Å². The molecule has 4 rings (SSSR count). The van der Waals surface area contributed by atoms with Crippen LogP contribution in [0.4, 0.5) is 0 Å². The molecule has 0 aliphatic carbocycles. The average Bonchev–Trinajstić information content (AvgIpc) is 2.80. The molecule has 1 aliphatic rings. The predicted molar refractivity (Wildman–Crippen MR) is 125 cm³/mol. The van der Waals surface area contributed by atoms with Crippen LogP contribution in [0.2, 0.25) is 0 Å². The number of hydrogen-bond acceptors (Lipinski definition) is 3.